The molecule has 1 saturated carbocycles. The zero-order chi connectivity index (χ0) is 12.4. The van der Waals surface area contributed by atoms with Gasteiger partial charge in [-0.15, -0.1) is 0 Å². The van der Waals surface area contributed by atoms with Crippen LogP contribution in [0.4, 0.5) is 0 Å². The molecule has 1 saturated heterocycles. The highest BCUT2D eigenvalue weighted by Crippen LogP contribution is 2.36. The minimum absolute atomic E-state index is 0.0913. The number of carbonyl (C=O) groups is 1. The number of nitrogens with one attached hydrogen (secondary N) is 1. The van der Waals surface area contributed by atoms with Crippen LogP contribution in [0.15, 0.2) is 22.8 Å². The second kappa shape index (κ2) is 4.74. The third-order valence-electron chi connectivity index (χ3n) is 3.63. The topological polar surface area (TPSA) is 60.7 Å². The molecule has 18 heavy (non-hydrogen) atoms. The van der Waals surface area contributed by atoms with E-state index in [-0.39, 0.29) is 11.9 Å². The Balaban J connectivity index is 1.72. The molecule has 1 aliphatic heterocycles. The number of carbonyl (C=O) groups excluding carboxylic acids is 1. The largest absolute Gasteiger partial charge is 0.459 e. The van der Waals surface area contributed by atoms with Crippen molar-refractivity contribution in [2.75, 3.05) is 13.2 Å². The summed E-state index contributed by atoms with van der Waals surface area (Å²) < 4.78 is 16.6. The molecule has 98 valence electrons. The van der Waals surface area contributed by atoms with Gasteiger partial charge in [0.05, 0.1) is 25.5 Å². The summed E-state index contributed by atoms with van der Waals surface area (Å²) >= 11 is 0. The number of furan rings is 1. The molecule has 1 atom stereocenters. The Morgan fingerprint density at radius 3 is 2.89 bits per heavy atom. The number of ether oxygens (including phenoxy) is 2. The fourth-order valence-electron chi connectivity index (χ4n) is 2.75. The van der Waals surface area contributed by atoms with Crippen molar-refractivity contribution < 1.29 is 18.7 Å². The van der Waals surface area contributed by atoms with Gasteiger partial charge in [0.2, 0.25) is 0 Å². The van der Waals surface area contributed by atoms with Gasteiger partial charge in [0.15, 0.2) is 11.5 Å². The minimum Gasteiger partial charge on any atom is -0.459 e. The fourth-order valence-corrected chi connectivity index (χ4v) is 2.75. The molecule has 0 unspecified atom stereocenters. The first kappa shape index (κ1) is 11.7. The van der Waals surface area contributed by atoms with Crippen molar-refractivity contribution >= 4 is 5.91 Å². The van der Waals surface area contributed by atoms with Crippen molar-refractivity contribution in [3.05, 3.63) is 24.2 Å². The summed E-state index contributed by atoms with van der Waals surface area (Å²) in [6, 6.07) is 3.27. The van der Waals surface area contributed by atoms with Crippen LogP contribution < -0.4 is 5.32 Å². The van der Waals surface area contributed by atoms with Gasteiger partial charge in [-0.1, -0.05) is 6.42 Å². The van der Waals surface area contributed by atoms with Crippen molar-refractivity contribution in [2.24, 2.45) is 0 Å². The van der Waals surface area contributed by atoms with Gasteiger partial charge >= 0.3 is 0 Å². The molecule has 5 heteroatoms. The molecule has 0 bridgehead atoms. The van der Waals surface area contributed by atoms with E-state index < -0.39 is 5.79 Å². The first-order chi connectivity index (χ1) is 8.80. The molecular weight excluding hydrogens is 234 g/mol. The standard InChI is InChI=1S/C13H17NO4/c15-12(10-4-3-7-16-10)14-11-5-1-2-6-13(11)17-8-9-18-13/h3-4,7,11H,1-2,5-6,8-9H2,(H,14,15)/t11-/m1/s1. The van der Waals surface area contributed by atoms with Gasteiger partial charge in [-0.2, -0.15) is 0 Å². The number of hydrogen-bond acceptors (Lipinski definition) is 4. The third-order valence-corrected chi connectivity index (χ3v) is 3.63. The maximum absolute atomic E-state index is 12.0. The number of hydrogen-bond donors (Lipinski definition) is 1. The number of rotatable bonds is 2. The average molecular weight is 251 g/mol. The van der Waals surface area contributed by atoms with Crippen LogP contribution in [0.25, 0.3) is 0 Å². The van der Waals surface area contributed by atoms with Crippen LogP contribution in [-0.2, 0) is 9.47 Å². The van der Waals surface area contributed by atoms with Gasteiger partial charge in [-0.25, -0.2) is 0 Å². The molecule has 1 aliphatic carbocycles. The molecule has 5 nitrogen and oxygen atoms in total. The van der Waals surface area contributed by atoms with E-state index in [0.29, 0.717) is 19.0 Å². The first-order valence-corrected chi connectivity index (χ1v) is 6.42. The van der Waals surface area contributed by atoms with E-state index >= 15 is 0 Å². The number of amides is 1. The van der Waals surface area contributed by atoms with Crippen LogP contribution >= 0.6 is 0 Å². The molecule has 2 heterocycles. The first-order valence-electron chi connectivity index (χ1n) is 6.42. The Hall–Kier alpha value is -1.33. The summed E-state index contributed by atoms with van der Waals surface area (Å²) in [7, 11) is 0. The lowest BCUT2D eigenvalue weighted by Gasteiger charge is -2.39. The zero-order valence-corrected chi connectivity index (χ0v) is 10.2. The van der Waals surface area contributed by atoms with Crippen LogP contribution in [0.5, 0.6) is 0 Å². The normalized spacial score (nSPS) is 26.3. The van der Waals surface area contributed by atoms with Crippen LogP contribution in [0.2, 0.25) is 0 Å². The summed E-state index contributed by atoms with van der Waals surface area (Å²) in [5.41, 5.74) is 0. The predicted octanol–water partition coefficient (Wildman–Crippen LogP) is 1.70. The van der Waals surface area contributed by atoms with E-state index in [4.69, 9.17) is 13.9 Å². The van der Waals surface area contributed by atoms with Crippen molar-refractivity contribution in [2.45, 2.75) is 37.5 Å². The Morgan fingerprint density at radius 1 is 1.33 bits per heavy atom. The van der Waals surface area contributed by atoms with Crippen molar-refractivity contribution in [1.29, 1.82) is 0 Å². The Bertz CT molecular complexity index is 409. The summed E-state index contributed by atoms with van der Waals surface area (Å²) in [6.45, 7) is 1.21. The molecule has 1 amide bonds. The van der Waals surface area contributed by atoms with E-state index in [1.807, 2.05) is 0 Å². The van der Waals surface area contributed by atoms with Gasteiger partial charge in [0, 0.05) is 6.42 Å². The molecule has 3 rings (SSSR count). The Kier molecular flexibility index (Phi) is 3.09. The second-order valence-electron chi connectivity index (χ2n) is 4.76. The summed E-state index contributed by atoms with van der Waals surface area (Å²) in [6.07, 6.45) is 5.38. The highest BCUT2D eigenvalue weighted by atomic mass is 16.7. The van der Waals surface area contributed by atoms with Gasteiger partial charge in [-0.3, -0.25) is 4.79 Å². The van der Waals surface area contributed by atoms with E-state index in [1.54, 1.807) is 12.1 Å². The zero-order valence-electron chi connectivity index (χ0n) is 10.2. The fraction of sp³-hybridized carbons (Fsp3) is 0.615. The van der Waals surface area contributed by atoms with Crippen LogP contribution in [-0.4, -0.2) is 30.9 Å². The van der Waals surface area contributed by atoms with Crippen molar-refractivity contribution in [3.8, 4) is 0 Å². The van der Waals surface area contributed by atoms with Gasteiger partial charge in [0.1, 0.15) is 0 Å². The third kappa shape index (κ3) is 2.04. The highest BCUT2D eigenvalue weighted by Gasteiger charge is 2.46. The maximum Gasteiger partial charge on any atom is 0.287 e. The maximum atomic E-state index is 12.0. The Morgan fingerprint density at radius 2 is 2.17 bits per heavy atom. The highest BCUT2D eigenvalue weighted by molar-refractivity contribution is 5.91. The monoisotopic (exact) mass is 251 g/mol. The molecule has 0 aromatic carbocycles. The van der Waals surface area contributed by atoms with Crippen molar-refractivity contribution in [3.63, 3.8) is 0 Å². The molecule has 2 fully saturated rings. The van der Waals surface area contributed by atoms with Crippen LogP contribution in [0.1, 0.15) is 36.2 Å². The summed E-state index contributed by atoms with van der Waals surface area (Å²) in [4.78, 5) is 12.0. The molecule has 2 aliphatic rings. The van der Waals surface area contributed by atoms with E-state index in [2.05, 4.69) is 5.32 Å². The SMILES string of the molecule is O=C(N[C@@H]1CCCCC12OCCO2)c1ccco1. The second-order valence-corrected chi connectivity index (χ2v) is 4.76. The Labute approximate surface area is 105 Å². The molecule has 0 radical (unpaired) electrons. The molecule has 1 N–H and O–H groups in total. The van der Waals surface area contributed by atoms with E-state index in [1.165, 1.54) is 6.26 Å². The molecular formula is C13H17NO4. The lowest BCUT2D eigenvalue weighted by atomic mass is 9.89. The summed E-state index contributed by atoms with van der Waals surface area (Å²) in [5.74, 6) is -0.486. The van der Waals surface area contributed by atoms with Gasteiger partial charge < -0.3 is 19.2 Å². The van der Waals surface area contributed by atoms with E-state index in [9.17, 15) is 4.79 Å². The quantitative estimate of drug-likeness (QED) is 0.869. The smallest absolute Gasteiger partial charge is 0.287 e. The van der Waals surface area contributed by atoms with Crippen LogP contribution in [0.3, 0.4) is 0 Å². The van der Waals surface area contributed by atoms with Crippen molar-refractivity contribution in [1.82, 2.24) is 5.32 Å². The lowest BCUT2D eigenvalue weighted by Crippen LogP contribution is -2.55. The summed E-state index contributed by atoms with van der Waals surface area (Å²) in [5, 5.41) is 2.97. The predicted molar refractivity (Wildman–Crippen MR) is 63.1 cm³/mol. The van der Waals surface area contributed by atoms with Gasteiger partial charge in [0.25, 0.3) is 5.91 Å². The molecule has 1 aromatic rings. The lowest BCUT2D eigenvalue weighted by molar-refractivity contribution is -0.192. The average Bonchev–Trinajstić information content (AvgIpc) is 3.04. The minimum atomic E-state index is -0.611. The molecule has 1 aromatic heterocycles. The van der Waals surface area contributed by atoms with Crippen LogP contribution in [0, 0.1) is 0 Å². The van der Waals surface area contributed by atoms with Gasteiger partial charge in [-0.05, 0) is 25.0 Å². The van der Waals surface area contributed by atoms with E-state index in [0.717, 1.165) is 25.7 Å². The molecule has 1 spiro atoms.